The van der Waals surface area contributed by atoms with E-state index in [1.807, 2.05) is 34.9 Å². The summed E-state index contributed by atoms with van der Waals surface area (Å²) in [5, 5.41) is 3.59. The molecule has 0 saturated carbocycles. The van der Waals surface area contributed by atoms with Gasteiger partial charge in [-0.3, -0.25) is 9.36 Å². The van der Waals surface area contributed by atoms with Gasteiger partial charge in [-0.2, -0.15) is 0 Å². The van der Waals surface area contributed by atoms with Gasteiger partial charge in [-0.05, 0) is 30.3 Å². The van der Waals surface area contributed by atoms with Gasteiger partial charge in [-0.1, -0.05) is 23.7 Å². The average molecular weight is 384 g/mol. The number of amides is 1. The molecule has 0 aliphatic carbocycles. The van der Waals surface area contributed by atoms with Gasteiger partial charge in [0.25, 0.3) is 0 Å². The standard InChI is InChI=1S/C20H18ClN3O3/c1-26-16-5-3-4-14(19(16)27-2)15-10-17(25)23-20-18(15)22-11-24(20)13-8-6-12(21)7-9-13/h3-9,11,15H,10H2,1-2H3,(H,23,25)/t15-/m1/s1. The molecule has 1 amide bonds. The fourth-order valence-electron chi connectivity index (χ4n) is 3.45. The first-order valence-corrected chi connectivity index (χ1v) is 8.84. The van der Waals surface area contributed by atoms with E-state index in [2.05, 4.69) is 10.3 Å². The molecule has 0 fully saturated rings. The molecule has 1 atom stereocenters. The monoisotopic (exact) mass is 383 g/mol. The molecule has 1 aliphatic heterocycles. The van der Waals surface area contributed by atoms with Crippen LogP contribution in [-0.2, 0) is 4.79 Å². The molecule has 0 spiro atoms. The molecular weight excluding hydrogens is 366 g/mol. The predicted molar refractivity (Wildman–Crippen MR) is 103 cm³/mol. The number of anilines is 1. The van der Waals surface area contributed by atoms with Gasteiger partial charge in [-0.25, -0.2) is 4.98 Å². The summed E-state index contributed by atoms with van der Waals surface area (Å²) in [6, 6.07) is 13.0. The summed E-state index contributed by atoms with van der Waals surface area (Å²) in [6.07, 6.45) is 1.99. The van der Waals surface area contributed by atoms with E-state index in [0.717, 1.165) is 16.9 Å². The van der Waals surface area contributed by atoms with Crippen LogP contribution in [0, 0.1) is 0 Å². The van der Waals surface area contributed by atoms with Gasteiger partial charge < -0.3 is 14.8 Å². The normalized spacial score (nSPS) is 15.8. The minimum atomic E-state index is -0.229. The summed E-state index contributed by atoms with van der Waals surface area (Å²) in [6.45, 7) is 0. The van der Waals surface area contributed by atoms with E-state index >= 15 is 0 Å². The van der Waals surface area contributed by atoms with Crippen LogP contribution in [0.1, 0.15) is 23.6 Å². The Labute approximate surface area is 161 Å². The maximum Gasteiger partial charge on any atom is 0.226 e. The first-order valence-electron chi connectivity index (χ1n) is 8.46. The average Bonchev–Trinajstić information content (AvgIpc) is 3.11. The Morgan fingerprint density at radius 3 is 2.63 bits per heavy atom. The van der Waals surface area contributed by atoms with Crippen molar-refractivity contribution < 1.29 is 14.3 Å². The lowest BCUT2D eigenvalue weighted by atomic mass is 9.89. The summed E-state index contributed by atoms with van der Waals surface area (Å²) in [7, 11) is 3.19. The van der Waals surface area contributed by atoms with Crippen LogP contribution in [-0.4, -0.2) is 29.7 Å². The highest BCUT2D eigenvalue weighted by atomic mass is 35.5. The van der Waals surface area contributed by atoms with Crippen molar-refractivity contribution in [1.82, 2.24) is 9.55 Å². The van der Waals surface area contributed by atoms with Gasteiger partial charge >= 0.3 is 0 Å². The number of halogens is 1. The molecule has 2 heterocycles. The van der Waals surface area contributed by atoms with Gasteiger partial charge in [0.05, 0.1) is 19.9 Å². The summed E-state index contributed by atoms with van der Waals surface area (Å²) < 4.78 is 12.8. The van der Waals surface area contributed by atoms with E-state index in [9.17, 15) is 4.79 Å². The molecule has 2 aromatic carbocycles. The first kappa shape index (κ1) is 17.4. The highest BCUT2D eigenvalue weighted by Crippen LogP contribution is 2.43. The maximum absolute atomic E-state index is 12.5. The van der Waals surface area contributed by atoms with Gasteiger partial charge in [-0.15, -0.1) is 0 Å². The molecule has 7 heteroatoms. The van der Waals surface area contributed by atoms with Crippen LogP contribution in [0.2, 0.25) is 5.02 Å². The molecule has 0 unspecified atom stereocenters. The number of aromatic nitrogens is 2. The van der Waals surface area contributed by atoms with E-state index < -0.39 is 0 Å². The second kappa shape index (κ2) is 6.96. The zero-order chi connectivity index (χ0) is 19.0. The van der Waals surface area contributed by atoms with Gasteiger partial charge in [0, 0.05) is 28.6 Å². The Bertz CT molecular complexity index is 998. The smallest absolute Gasteiger partial charge is 0.226 e. The molecule has 138 valence electrons. The summed E-state index contributed by atoms with van der Waals surface area (Å²) in [5.41, 5.74) is 2.53. The van der Waals surface area contributed by atoms with Crippen molar-refractivity contribution in [2.75, 3.05) is 19.5 Å². The molecule has 0 radical (unpaired) electrons. The highest BCUT2D eigenvalue weighted by molar-refractivity contribution is 6.30. The number of rotatable bonds is 4. The molecule has 27 heavy (non-hydrogen) atoms. The van der Waals surface area contributed by atoms with Crippen molar-refractivity contribution in [3.05, 3.63) is 65.1 Å². The van der Waals surface area contributed by atoms with E-state index in [0.29, 0.717) is 22.3 Å². The molecule has 1 aromatic heterocycles. The number of carbonyl (C=O) groups excluding carboxylic acids is 1. The van der Waals surface area contributed by atoms with Crippen LogP contribution in [0.3, 0.4) is 0 Å². The first-order chi connectivity index (χ1) is 13.1. The number of ether oxygens (including phenoxy) is 2. The number of carbonyl (C=O) groups is 1. The Kier molecular flexibility index (Phi) is 4.49. The SMILES string of the molecule is COc1cccc([C@H]2CC(=O)Nc3c2ncn3-c2ccc(Cl)cc2)c1OC. The van der Waals surface area contributed by atoms with Crippen molar-refractivity contribution in [3.8, 4) is 17.2 Å². The van der Waals surface area contributed by atoms with E-state index in [4.69, 9.17) is 21.1 Å². The second-order valence-electron chi connectivity index (χ2n) is 6.21. The van der Waals surface area contributed by atoms with Crippen LogP contribution in [0.25, 0.3) is 5.69 Å². The summed E-state index contributed by atoms with van der Waals surface area (Å²) in [5.74, 6) is 1.59. The molecule has 0 saturated heterocycles. The Morgan fingerprint density at radius 2 is 1.93 bits per heavy atom. The van der Waals surface area contributed by atoms with Crippen LogP contribution in [0.15, 0.2) is 48.8 Å². The van der Waals surface area contributed by atoms with Crippen molar-refractivity contribution >= 4 is 23.3 Å². The fraction of sp³-hybridized carbons (Fsp3) is 0.200. The fourth-order valence-corrected chi connectivity index (χ4v) is 3.57. The quantitative estimate of drug-likeness (QED) is 0.739. The van der Waals surface area contributed by atoms with Gasteiger partial charge in [0.15, 0.2) is 11.5 Å². The summed E-state index contributed by atoms with van der Waals surface area (Å²) >= 11 is 5.98. The summed E-state index contributed by atoms with van der Waals surface area (Å²) in [4.78, 5) is 17.1. The zero-order valence-corrected chi connectivity index (χ0v) is 15.7. The van der Waals surface area contributed by atoms with Crippen LogP contribution >= 0.6 is 11.6 Å². The number of para-hydroxylation sites is 1. The number of hydrogen-bond donors (Lipinski definition) is 1. The van der Waals surface area contributed by atoms with Gasteiger partial charge in [0.1, 0.15) is 12.1 Å². The maximum atomic E-state index is 12.5. The molecule has 6 nitrogen and oxygen atoms in total. The van der Waals surface area contributed by atoms with Crippen LogP contribution in [0.4, 0.5) is 5.82 Å². The minimum absolute atomic E-state index is 0.0758. The lowest BCUT2D eigenvalue weighted by molar-refractivity contribution is -0.116. The largest absolute Gasteiger partial charge is 0.493 e. The third-order valence-electron chi connectivity index (χ3n) is 4.69. The zero-order valence-electron chi connectivity index (χ0n) is 14.9. The van der Waals surface area contributed by atoms with Crippen molar-refractivity contribution in [2.45, 2.75) is 12.3 Å². The number of benzene rings is 2. The topological polar surface area (TPSA) is 65.4 Å². The number of nitrogens with zero attached hydrogens (tertiary/aromatic N) is 2. The molecule has 3 aromatic rings. The van der Waals surface area contributed by atoms with Gasteiger partial charge in [0.2, 0.25) is 5.91 Å². The van der Waals surface area contributed by atoms with Crippen LogP contribution in [0.5, 0.6) is 11.5 Å². The molecule has 4 rings (SSSR count). The number of fused-ring (bicyclic) bond motifs is 1. The molecular formula is C20H18ClN3O3. The lowest BCUT2D eigenvalue weighted by Crippen LogP contribution is -2.25. The van der Waals surface area contributed by atoms with Crippen molar-refractivity contribution in [2.24, 2.45) is 0 Å². The third-order valence-corrected chi connectivity index (χ3v) is 4.94. The third kappa shape index (κ3) is 3.02. The van der Waals surface area contributed by atoms with Crippen molar-refractivity contribution in [1.29, 1.82) is 0 Å². The number of imidazole rings is 1. The predicted octanol–water partition coefficient (Wildman–Crippen LogP) is 4.02. The molecule has 0 bridgehead atoms. The second-order valence-corrected chi connectivity index (χ2v) is 6.65. The van der Waals surface area contributed by atoms with Crippen molar-refractivity contribution in [3.63, 3.8) is 0 Å². The number of hydrogen-bond acceptors (Lipinski definition) is 4. The molecule has 1 N–H and O–H groups in total. The number of nitrogens with one attached hydrogen (secondary N) is 1. The van der Waals surface area contributed by atoms with E-state index in [1.54, 1.807) is 32.7 Å². The Hall–Kier alpha value is -2.99. The molecule has 1 aliphatic rings. The highest BCUT2D eigenvalue weighted by Gasteiger charge is 2.33. The lowest BCUT2D eigenvalue weighted by Gasteiger charge is -2.25. The number of methoxy groups -OCH3 is 2. The Balaban J connectivity index is 1.84. The minimum Gasteiger partial charge on any atom is -0.493 e. The van der Waals surface area contributed by atoms with E-state index in [1.165, 1.54) is 0 Å². The Morgan fingerprint density at radius 1 is 1.15 bits per heavy atom. The van der Waals surface area contributed by atoms with Crippen LogP contribution < -0.4 is 14.8 Å². The van der Waals surface area contributed by atoms with E-state index in [-0.39, 0.29) is 18.2 Å².